The van der Waals surface area contributed by atoms with Crippen molar-refractivity contribution in [2.24, 2.45) is 7.05 Å². The third kappa shape index (κ3) is 3.44. The molecule has 10 heteroatoms. The van der Waals surface area contributed by atoms with Gasteiger partial charge in [0.25, 0.3) is 5.91 Å². The maximum atomic E-state index is 13.0. The third-order valence-corrected chi connectivity index (χ3v) is 5.53. The van der Waals surface area contributed by atoms with Crippen molar-refractivity contribution in [2.75, 3.05) is 7.05 Å². The number of amides is 1. The van der Waals surface area contributed by atoms with Crippen molar-refractivity contribution in [3.63, 3.8) is 0 Å². The maximum absolute atomic E-state index is 13.0. The van der Waals surface area contributed by atoms with Gasteiger partial charge in [-0.25, -0.2) is 9.50 Å². The smallest absolute Gasteiger partial charge is 0.274 e. The van der Waals surface area contributed by atoms with Crippen LogP contribution in [0.4, 0.5) is 0 Å². The van der Waals surface area contributed by atoms with Crippen molar-refractivity contribution in [3.05, 3.63) is 52.1 Å². The second-order valence-corrected chi connectivity index (χ2v) is 7.71. The first-order valence-corrected chi connectivity index (χ1v) is 9.99. The lowest BCUT2D eigenvalue weighted by atomic mass is 10.2. The molecule has 4 heterocycles. The highest BCUT2D eigenvalue weighted by Crippen LogP contribution is 2.27. The van der Waals surface area contributed by atoms with Gasteiger partial charge in [0.15, 0.2) is 11.3 Å². The van der Waals surface area contributed by atoms with Gasteiger partial charge in [-0.2, -0.15) is 15.3 Å². The van der Waals surface area contributed by atoms with Crippen molar-refractivity contribution in [2.45, 2.75) is 26.9 Å². The van der Waals surface area contributed by atoms with Crippen LogP contribution in [0, 0.1) is 6.92 Å². The van der Waals surface area contributed by atoms with Crippen LogP contribution in [-0.2, 0) is 20.1 Å². The zero-order valence-corrected chi connectivity index (χ0v) is 18.3. The highest BCUT2D eigenvalue weighted by molar-refractivity contribution is 9.10. The van der Waals surface area contributed by atoms with E-state index in [2.05, 4.69) is 36.2 Å². The van der Waals surface area contributed by atoms with Crippen molar-refractivity contribution in [1.29, 1.82) is 0 Å². The summed E-state index contributed by atoms with van der Waals surface area (Å²) in [5.74, 6) is -0.178. The standard InChI is InChI=1S/C19H21BrN8O/c1-5-27-11-14(20)18(24-27)16-6-7-21-17-8-15(23-28(16)17)19(29)25(3)10-13-9-22-26(4)12(13)2/h6-9,11H,5,10H2,1-4H3. The predicted molar refractivity (Wildman–Crippen MR) is 111 cm³/mol. The lowest BCUT2D eigenvalue weighted by Crippen LogP contribution is -2.26. The molecule has 0 aliphatic carbocycles. The van der Waals surface area contributed by atoms with Crippen molar-refractivity contribution < 1.29 is 4.79 Å². The molecule has 0 N–H and O–H groups in total. The van der Waals surface area contributed by atoms with Gasteiger partial charge in [-0.15, -0.1) is 0 Å². The normalized spacial score (nSPS) is 11.3. The molecule has 0 saturated carbocycles. The molecule has 0 bridgehead atoms. The molecule has 0 spiro atoms. The zero-order chi connectivity index (χ0) is 20.7. The van der Waals surface area contributed by atoms with Gasteiger partial charge in [-0.05, 0) is 35.8 Å². The minimum Gasteiger partial charge on any atom is -0.336 e. The molecule has 0 radical (unpaired) electrons. The average Bonchev–Trinajstić information content (AvgIpc) is 3.40. The van der Waals surface area contributed by atoms with Crippen molar-refractivity contribution in [1.82, 2.24) is 39.1 Å². The quantitative estimate of drug-likeness (QED) is 0.460. The Balaban J connectivity index is 1.67. The van der Waals surface area contributed by atoms with Gasteiger partial charge in [0.2, 0.25) is 0 Å². The number of aromatic nitrogens is 7. The van der Waals surface area contributed by atoms with E-state index in [9.17, 15) is 4.79 Å². The first kappa shape index (κ1) is 19.3. The highest BCUT2D eigenvalue weighted by Gasteiger charge is 2.20. The third-order valence-electron chi connectivity index (χ3n) is 4.95. The van der Waals surface area contributed by atoms with E-state index in [1.807, 2.05) is 37.8 Å². The van der Waals surface area contributed by atoms with E-state index in [1.54, 1.807) is 39.6 Å². The molecule has 0 aromatic carbocycles. The van der Waals surface area contributed by atoms with Crippen molar-refractivity contribution in [3.8, 4) is 11.4 Å². The molecule has 1 amide bonds. The summed E-state index contributed by atoms with van der Waals surface area (Å²) in [6.07, 6.45) is 5.39. The first-order valence-electron chi connectivity index (χ1n) is 9.20. The van der Waals surface area contributed by atoms with Crippen LogP contribution in [0.25, 0.3) is 17.0 Å². The van der Waals surface area contributed by atoms with Gasteiger partial charge in [-0.1, -0.05) is 0 Å². The lowest BCUT2D eigenvalue weighted by molar-refractivity contribution is 0.0778. The lowest BCUT2D eigenvalue weighted by Gasteiger charge is -2.15. The fourth-order valence-corrected chi connectivity index (χ4v) is 3.65. The Bertz CT molecular complexity index is 1200. The molecule has 150 valence electrons. The van der Waals surface area contributed by atoms with Crippen molar-refractivity contribution >= 4 is 27.5 Å². The second kappa shape index (κ2) is 7.43. The van der Waals surface area contributed by atoms with E-state index >= 15 is 0 Å². The summed E-state index contributed by atoms with van der Waals surface area (Å²) in [6, 6.07) is 3.53. The number of carbonyl (C=O) groups is 1. The van der Waals surface area contributed by atoms with E-state index in [4.69, 9.17) is 0 Å². The molecule has 0 saturated heterocycles. The SMILES string of the molecule is CCn1cc(Br)c(-c2ccnc3cc(C(=O)N(C)Cc4cnn(C)c4C)nn23)n1. The summed E-state index contributed by atoms with van der Waals surface area (Å²) in [6.45, 7) is 5.22. The first-order chi connectivity index (χ1) is 13.9. The topological polar surface area (TPSA) is 86.1 Å². The largest absolute Gasteiger partial charge is 0.336 e. The molecular weight excluding hydrogens is 436 g/mol. The molecule has 4 aromatic heterocycles. The van der Waals surface area contributed by atoms with Crippen LogP contribution >= 0.6 is 15.9 Å². The van der Waals surface area contributed by atoms with E-state index < -0.39 is 0 Å². The number of rotatable bonds is 5. The monoisotopic (exact) mass is 456 g/mol. The van der Waals surface area contributed by atoms with Gasteiger partial charge in [0.1, 0.15) is 5.69 Å². The molecule has 29 heavy (non-hydrogen) atoms. The number of fused-ring (bicyclic) bond motifs is 1. The maximum Gasteiger partial charge on any atom is 0.274 e. The van der Waals surface area contributed by atoms with Crippen LogP contribution in [0.5, 0.6) is 0 Å². The Morgan fingerprint density at radius 3 is 2.76 bits per heavy atom. The number of carbonyl (C=O) groups excluding carboxylic acids is 1. The summed E-state index contributed by atoms with van der Waals surface area (Å²) in [5.41, 5.74) is 4.47. The Morgan fingerprint density at radius 1 is 1.31 bits per heavy atom. The summed E-state index contributed by atoms with van der Waals surface area (Å²) in [5, 5.41) is 13.3. The number of halogens is 1. The zero-order valence-electron chi connectivity index (χ0n) is 16.7. The van der Waals surface area contributed by atoms with Crippen LogP contribution in [-0.4, -0.2) is 52.0 Å². The molecule has 0 unspecified atom stereocenters. The summed E-state index contributed by atoms with van der Waals surface area (Å²) in [7, 11) is 3.64. The Hall–Kier alpha value is -3.01. The van der Waals surface area contributed by atoms with Crippen LogP contribution in [0.2, 0.25) is 0 Å². The van der Waals surface area contributed by atoms with E-state index in [-0.39, 0.29) is 5.91 Å². The number of hydrogen-bond acceptors (Lipinski definition) is 5. The van der Waals surface area contributed by atoms with Gasteiger partial charge in [0, 0.05) is 56.9 Å². The molecule has 0 atom stereocenters. The highest BCUT2D eigenvalue weighted by atomic mass is 79.9. The van der Waals surface area contributed by atoms with Gasteiger partial charge in [0.05, 0.1) is 16.4 Å². The number of hydrogen-bond donors (Lipinski definition) is 0. The van der Waals surface area contributed by atoms with Gasteiger partial charge in [-0.3, -0.25) is 14.2 Å². The minimum atomic E-state index is -0.178. The van der Waals surface area contributed by atoms with Crippen LogP contribution < -0.4 is 0 Å². The Labute approximate surface area is 176 Å². The Kier molecular flexibility index (Phi) is 4.95. The van der Waals surface area contributed by atoms with Crippen LogP contribution in [0.3, 0.4) is 0 Å². The van der Waals surface area contributed by atoms with Crippen LogP contribution in [0.1, 0.15) is 28.7 Å². The molecule has 4 rings (SSSR count). The van der Waals surface area contributed by atoms with Gasteiger partial charge < -0.3 is 4.90 Å². The number of nitrogens with zero attached hydrogens (tertiary/aromatic N) is 8. The molecule has 0 aliphatic heterocycles. The fourth-order valence-electron chi connectivity index (χ4n) is 3.13. The summed E-state index contributed by atoms with van der Waals surface area (Å²) >= 11 is 3.56. The molecule has 4 aromatic rings. The predicted octanol–water partition coefficient (Wildman–Crippen LogP) is 2.69. The fraction of sp³-hybridized carbons (Fsp3) is 0.316. The van der Waals surface area contributed by atoms with E-state index in [0.29, 0.717) is 17.9 Å². The second-order valence-electron chi connectivity index (χ2n) is 6.85. The molecule has 0 fully saturated rings. The van der Waals surface area contributed by atoms with Crippen LogP contribution in [0.15, 0.2) is 35.2 Å². The molecular formula is C19H21BrN8O. The number of aryl methyl sites for hydroxylation is 2. The van der Waals surface area contributed by atoms with Gasteiger partial charge >= 0.3 is 0 Å². The van der Waals surface area contributed by atoms with E-state index in [0.717, 1.165) is 33.7 Å². The Morgan fingerprint density at radius 2 is 2.10 bits per heavy atom. The molecule has 9 nitrogen and oxygen atoms in total. The average molecular weight is 457 g/mol. The van der Waals surface area contributed by atoms with E-state index in [1.165, 1.54) is 0 Å². The summed E-state index contributed by atoms with van der Waals surface area (Å²) in [4.78, 5) is 19.0. The summed E-state index contributed by atoms with van der Waals surface area (Å²) < 4.78 is 6.15. The minimum absolute atomic E-state index is 0.178. The molecule has 0 aliphatic rings.